The molecule has 0 radical (unpaired) electrons. The first-order chi connectivity index (χ1) is 8.97. The lowest BCUT2D eigenvalue weighted by Gasteiger charge is -2.09. The summed E-state index contributed by atoms with van der Waals surface area (Å²) in [5.74, 6) is -0.286. The summed E-state index contributed by atoms with van der Waals surface area (Å²) in [5, 5.41) is 0.943. The van der Waals surface area contributed by atoms with Crippen LogP contribution in [0.25, 0.3) is 0 Å². The first kappa shape index (κ1) is 14.7. The molecular weight excluding hydrogens is 304 g/mol. The monoisotopic (exact) mass is 315 g/mol. The van der Waals surface area contributed by atoms with Crippen LogP contribution in [0, 0.1) is 5.82 Å². The van der Waals surface area contributed by atoms with Crippen LogP contribution in [0.5, 0.6) is 0 Å². The first-order valence-corrected chi connectivity index (χ1v) is 7.22. The molecule has 0 saturated carbocycles. The SMILES string of the molecule is C[C@@H](N)c1ccc(Sc2ccc(Cl)c(Cl)c2)c(F)c1. The van der Waals surface area contributed by atoms with Gasteiger partial charge in [0.05, 0.1) is 10.0 Å². The molecule has 0 amide bonds. The maximum atomic E-state index is 13.9. The molecule has 2 aromatic rings. The van der Waals surface area contributed by atoms with Crippen molar-refractivity contribution in [1.29, 1.82) is 0 Å². The molecule has 0 aliphatic heterocycles. The van der Waals surface area contributed by atoms with Crippen molar-refractivity contribution in [3.8, 4) is 0 Å². The second-order valence-corrected chi connectivity index (χ2v) is 6.09. The van der Waals surface area contributed by atoms with Gasteiger partial charge in [-0.3, -0.25) is 0 Å². The van der Waals surface area contributed by atoms with E-state index < -0.39 is 0 Å². The summed E-state index contributed by atoms with van der Waals surface area (Å²) in [7, 11) is 0. The summed E-state index contributed by atoms with van der Waals surface area (Å²) in [6.45, 7) is 1.82. The Morgan fingerprint density at radius 1 is 1.11 bits per heavy atom. The van der Waals surface area contributed by atoms with Gasteiger partial charge < -0.3 is 5.73 Å². The fraction of sp³-hybridized carbons (Fsp3) is 0.143. The zero-order valence-corrected chi connectivity index (χ0v) is 12.5. The van der Waals surface area contributed by atoms with Crippen molar-refractivity contribution in [3.05, 3.63) is 57.8 Å². The van der Waals surface area contributed by atoms with E-state index in [1.54, 1.807) is 24.3 Å². The largest absolute Gasteiger partial charge is 0.324 e. The van der Waals surface area contributed by atoms with Gasteiger partial charge in [-0.05, 0) is 42.8 Å². The van der Waals surface area contributed by atoms with Crippen molar-refractivity contribution in [3.63, 3.8) is 0 Å². The summed E-state index contributed by atoms with van der Waals surface area (Å²) in [4.78, 5) is 1.37. The van der Waals surface area contributed by atoms with E-state index in [2.05, 4.69) is 0 Å². The summed E-state index contributed by atoms with van der Waals surface area (Å²) >= 11 is 13.1. The lowest BCUT2D eigenvalue weighted by atomic mass is 10.1. The van der Waals surface area contributed by atoms with E-state index >= 15 is 0 Å². The number of hydrogen-bond acceptors (Lipinski definition) is 2. The molecule has 100 valence electrons. The Bertz CT molecular complexity index is 602. The van der Waals surface area contributed by atoms with Gasteiger partial charge >= 0.3 is 0 Å². The molecule has 0 bridgehead atoms. The third-order valence-corrected chi connectivity index (χ3v) is 4.38. The van der Waals surface area contributed by atoms with Crippen LogP contribution in [0.1, 0.15) is 18.5 Å². The van der Waals surface area contributed by atoms with Gasteiger partial charge in [-0.15, -0.1) is 0 Å². The van der Waals surface area contributed by atoms with Crippen LogP contribution in [-0.4, -0.2) is 0 Å². The Labute approximate surface area is 125 Å². The predicted octanol–water partition coefficient (Wildman–Crippen LogP) is 5.30. The summed E-state index contributed by atoms with van der Waals surface area (Å²) in [6, 6.07) is 10.0. The second-order valence-electron chi connectivity index (χ2n) is 4.16. The highest BCUT2D eigenvalue weighted by Crippen LogP contribution is 2.34. The Hall–Kier alpha value is -0.740. The van der Waals surface area contributed by atoms with Crippen molar-refractivity contribution >= 4 is 35.0 Å². The normalized spacial score (nSPS) is 12.5. The van der Waals surface area contributed by atoms with Crippen LogP contribution < -0.4 is 5.73 Å². The zero-order valence-electron chi connectivity index (χ0n) is 10.2. The topological polar surface area (TPSA) is 26.0 Å². The Morgan fingerprint density at radius 2 is 1.84 bits per heavy atom. The second kappa shape index (κ2) is 6.14. The van der Waals surface area contributed by atoms with Crippen molar-refractivity contribution in [1.82, 2.24) is 0 Å². The van der Waals surface area contributed by atoms with E-state index in [-0.39, 0.29) is 11.9 Å². The van der Waals surface area contributed by atoms with Crippen LogP contribution in [0.3, 0.4) is 0 Å². The molecule has 0 aromatic heterocycles. The summed E-state index contributed by atoms with van der Waals surface area (Å²) < 4.78 is 13.9. The minimum absolute atomic E-state index is 0.182. The van der Waals surface area contributed by atoms with Crippen molar-refractivity contribution in [2.24, 2.45) is 5.73 Å². The molecular formula is C14H12Cl2FNS. The molecule has 0 heterocycles. The molecule has 0 aliphatic rings. The third kappa shape index (κ3) is 3.63. The average Bonchev–Trinajstić information content (AvgIpc) is 2.36. The Balaban J connectivity index is 2.25. The Kier molecular flexibility index (Phi) is 4.74. The van der Waals surface area contributed by atoms with E-state index in [9.17, 15) is 4.39 Å². The fourth-order valence-corrected chi connectivity index (χ4v) is 2.77. The standard InChI is InChI=1S/C14H12Cl2FNS/c1-8(18)9-2-5-14(13(17)6-9)19-10-3-4-11(15)12(16)7-10/h2-8H,18H2,1H3/t8-/m1/s1. The van der Waals surface area contributed by atoms with Gasteiger partial charge in [-0.1, -0.05) is 41.0 Å². The van der Waals surface area contributed by atoms with Gasteiger partial charge in [0.25, 0.3) is 0 Å². The van der Waals surface area contributed by atoms with E-state index in [4.69, 9.17) is 28.9 Å². The van der Waals surface area contributed by atoms with E-state index in [1.807, 2.05) is 13.0 Å². The number of rotatable bonds is 3. The predicted molar refractivity (Wildman–Crippen MR) is 79.6 cm³/mol. The molecule has 2 N–H and O–H groups in total. The first-order valence-electron chi connectivity index (χ1n) is 5.65. The number of nitrogens with two attached hydrogens (primary N) is 1. The van der Waals surface area contributed by atoms with Gasteiger partial charge in [0.1, 0.15) is 5.82 Å². The molecule has 0 aliphatic carbocycles. The fourth-order valence-electron chi connectivity index (χ4n) is 1.55. The molecule has 0 saturated heterocycles. The van der Waals surface area contributed by atoms with Crippen LogP contribution in [-0.2, 0) is 0 Å². The minimum atomic E-state index is -0.286. The molecule has 1 nitrogen and oxygen atoms in total. The van der Waals surface area contributed by atoms with Crippen LogP contribution in [0.15, 0.2) is 46.2 Å². The minimum Gasteiger partial charge on any atom is -0.324 e. The van der Waals surface area contributed by atoms with Crippen molar-refractivity contribution in [2.75, 3.05) is 0 Å². The Morgan fingerprint density at radius 3 is 2.42 bits per heavy atom. The van der Waals surface area contributed by atoms with Gasteiger partial charge in [0.15, 0.2) is 0 Å². The quantitative estimate of drug-likeness (QED) is 0.831. The maximum absolute atomic E-state index is 13.9. The van der Waals surface area contributed by atoms with Crippen molar-refractivity contribution in [2.45, 2.75) is 22.8 Å². The summed E-state index contributed by atoms with van der Waals surface area (Å²) in [6.07, 6.45) is 0. The summed E-state index contributed by atoms with van der Waals surface area (Å²) in [5.41, 5.74) is 6.49. The van der Waals surface area contributed by atoms with Gasteiger partial charge in [-0.2, -0.15) is 0 Å². The molecule has 2 rings (SSSR count). The molecule has 5 heteroatoms. The lowest BCUT2D eigenvalue weighted by molar-refractivity contribution is 0.596. The van der Waals surface area contributed by atoms with Gasteiger partial charge in [0, 0.05) is 15.8 Å². The van der Waals surface area contributed by atoms with Crippen LogP contribution in [0.4, 0.5) is 4.39 Å². The maximum Gasteiger partial charge on any atom is 0.137 e. The molecule has 2 aromatic carbocycles. The van der Waals surface area contributed by atoms with E-state index in [1.165, 1.54) is 17.8 Å². The van der Waals surface area contributed by atoms with E-state index in [0.29, 0.717) is 14.9 Å². The molecule has 0 spiro atoms. The number of hydrogen-bond donors (Lipinski definition) is 1. The van der Waals surface area contributed by atoms with Gasteiger partial charge in [0.2, 0.25) is 0 Å². The molecule has 1 atom stereocenters. The zero-order chi connectivity index (χ0) is 14.0. The number of halogens is 3. The van der Waals surface area contributed by atoms with Crippen molar-refractivity contribution < 1.29 is 4.39 Å². The number of benzene rings is 2. The van der Waals surface area contributed by atoms with Gasteiger partial charge in [-0.25, -0.2) is 4.39 Å². The highest BCUT2D eigenvalue weighted by molar-refractivity contribution is 7.99. The lowest BCUT2D eigenvalue weighted by Crippen LogP contribution is -2.05. The molecule has 19 heavy (non-hydrogen) atoms. The molecule has 0 unspecified atom stereocenters. The average molecular weight is 316 g/mol. The smallest absolute Gasteiger partial charge is 0.137 e. The van der Waals surface area contributed by atoms with Crippen LogP contribution >= 0.6 is 35.0 Å². The van der Waals surface area contributed by atoms with Crippen LogP contribution in [0.2, 0.25) is 10.0 Å². The highest BCUT2D eigenvalue weighted by Gasteiger charge is 2.08. The third-order valence-electron chi connectivity index (χ3n) is 2.60. The van der Waals surface area contributed by atoms with E-state index in [0.717, 1.165) is 10.5 Å². The highest BCUT2D eigenvalue weighted by atomic mass is 35.5. The molecule has 0 fully saturated rings.